The number of hydrogen-bond donors (Lipinski definition) is 3. The molecule has 0 radical (unpaired) electrons. The van der Waals surface area contributed by atoms with Gasteiger partial charge in [0.05, 0.1) is 18.3 Å². The molecule has 1 aromatic heterocycles. The number of oxazole rings is 1. The van der Waals surface area contributed by atoms with Crippen LogP contribution in [0.1, 0.15) is 42.7 Å². The van der Waals surface area contributed by atoms with E-state index in [1.807, 2.05) is 20.8 Å². The lowest BCUT2D eigenvalue weighted by Gasteiger charge is -2.38. The van der Waals surface area contributed by atoms with Crippen molar-refractivity contribution in [2.45, 2.75) is 38.8 Å². The number of benzene rings is 1. The molecule has 1 saturated heterocycles. The minimum absolute atomic E-state index is 0.0149. The molecular formula is C21H25ClN4O4. The highest BCUT2D eigenvalue weighted by atomic mass is 35.5. The van der Waals surface area contributed by atoms with E-state index in [-0.39, 0.29) is 41.3 Å². The van der Waals surface area contributed by atoms with Crippen LogP contribution in [0.4, 0.5) is 5.69 Å². The van der Waals surface area contributed by atoms with Crippen molar-refractivity contribution in [2.75, 3.05) is 18.4 Å². The quantitative estimate of drug-likeness (QED) is 0.478. The van der Waals surface area contributed by atoms with Gasteiger partial charge in [0.2, 0.25) is 11.8 Å². The van der Waals surface area contributed by atoms with Gasteiger partial charge in [0.1, 0.15) is 12.0 Å². The summed E-state index contributed by atoms with van der Waals surface area (Å²) in [5.41, 5.74) is 1.34. The van der Waals surface area contributed by atoms with Crippen molar-refractivity contribution in [1.82, 2.24) is 15.2 Å². The van der Waals surface area contributed by atoms with Crippen LogP contribution in [-0.2, 0) is 16.8 Å². The summed E-state index contributed by atoms with van der Waals surface area (Å²) in [7, 11) is 0. The summed E-state index contributed by atoms with van der Waals surface area (Å²) in [6.45, 7) is 10.6. The Bertz CT molecular complexity index is 974. The fourth-order valence-corrected chi connectivity index (χ4v) is 3.53. The molecule has 0 aliphatic carbocycles. The lowest BCUT2D eigenvalue weighted by Crippen LogP contribution is -2.60. The Morgan fingerprint density at radius 1 is 1.40 bits per heavy atom. The monoisotopic (exact) mass is 432 g/mol. The molecule has 3 rings (SSSR count). The highest BCUT2D eigenvalue weighted by molar-refractivity contribution is 6.31. The smallest absolute Gasteiger partial charge is 0.273 e. The molecule has 9 heteroatoms. The number of aromatic hydroxyl groups is 1. The maximum Gasteiger partial charge on any atom is 0.273 e. The molecule has 0 spiro atoms. The van der Waals surface area contributed by atoms with Crippen molar-refractivity contribution in [3.63, 3.8) is 0 Å². The third kappa shape index (κ3) is 4.76. The summed E-state index contributed by atoms with van der Waals surface area (Å²) in [4.78, 5) is 29.5. The molecule has 8 nitrogen and oxygen atoms in total. The Labute approximate surface area is 179 Å². The van der Waals surface area contributed by atoms with Gasteiger partial charge >= 0.3 is 0 Å². The third-order valence-corrected chi connectivity index (χ3v) is 5.12. The van der Waals surface area contributed by atoms with Crippen molar-refractivity contribution < 1.29 is 19.1 Å². The van der Waals surface area contributed by atoms with Gasteiger partial charge in [0.15, 0.2) is 5.69 Å². The highest BCUT2D eigenvalue weighted by Crippen LogP contribution is 2.37. The van der Waals surface area contributed by atoms with E-state index in [0.29, 0.717) is 29.7 Å². The number of likely N-dealkylation sites (tertiary alicyclic amines) is 1. The van der Waals surface area contributed by atoms with Crippen LogP contribution in [0.2, 0.25) is 5.02 Å². The molecular weight excluding hydrogens is 408 g/mol. The van der Waals surface area contributed by atoms with Crippen molar-refractivity contribution >= 4 is 29.1 Å². The van der Waals surface area contributed by atoms with Gasteiger partial charge in [-0.25, -0.2) is 4.98 Å². The number of anilines is 1. The molecule has 1 aromatic carbocycles. The summed E-state index contributed by atoms with van der Waals surface area (Å²) >= 11 is 6.24. The predicted octanol–water partition coefficient (Wildman–Crippen LogP) is 3.07. The fraction of sp³-hybridized carbons (Fsp3) is 0.381. The first-order valence-corrected chi connectivity index (χ1v) is 9.89. The molecule has 30 heavy (non-hydrogen) atoms. The second-order valence-corrected chi connectivity index (χ2v) is 8.60. The SMILES string of the molecule is C=CC(=O)N1CC(NC(=O)c2coc(CNc3cc(C(C)(C)C)c(Cl)cc3O)n2)C1. The maximum atomic E-state index is 12.3. The molecule has 2 aromatic rings. The summed E-state index contributed by atoms with van der Waals surface area (Å²) in [5.74, 6) is -0.217. The number of nitrogens with zero attached hydrogens (tertiary/aromatic N) is 2. The van der Waals surface area contributed by atoms with E-state index >= 15 is 0 Å². The number of nitrogens with one attached hydrogen (secondary N) is 2. The fourth-order valence-electron chi connectivity index (χ4n) is 3.08. The van der Waals surface area contributed by atoms with Crippen molar-refractivity contribution in [3.05, 3.63) is 53.2 Å². The van der Waals surface area contributed by atoms with E-state index in [2.05, 4.69) is 22.2 Å². The van der Waals surface area contributed by atoms with E-state index in [4.69, 9.17) is 16.0 Å². The lowest BCUT2D eigenvalue weighted by molar-refractivity contribution is -0.130. The van der Waals surface area contributed by atoms with Crippen molar-refractivity contribution in [3.8, 4) is 5.75 Å². The number of carbonyl (C=O) groups excluding carboxylic acids is 2. The molecule has 2 heterocycles. The average molecular weight is 433 g/mol. The highest BCUT2D eigenvalue weighted by Gasteiger charge is 2.31. The summed E-state index contributed by atoms with van der Waals surface area (Å²) in [5, 5.41) is 16.5. The van der Waals surface area contributed by atoms with E-state index in [0.717, 1.165) is 5.56 Å². The zero-order valence-electron chi connectivity index (χ0n) is 17.2. The van der Waals surface area contributed by atoms with Gasteiger partial charge in [-0.05, 0) is 23.1 Å². The van der Waals surface area contributed by atoms with Gasteiger partial charge in [-0.1, -0.05) is 39.0 Å². The van der Waals surface area contributed by atoms with E-state index in [9.17, 15) is 14.7 Å². The standard InChI is InChI=1S/C21H25ClN4O4/c1-5-19(28)26-9-12(10-26)24-20(29)16-11-30-18(25-16)8-23-15-6-13(21(2,3)4)14(22)7-17(15)27/h5-7,11-12,23,27H,1,8-10H2,2-4H3,(H,24,29). The molecule has 0 saturated carbocycles. The van der Waals surface area contributed by atoms with Gasteiger partial charge in [-0.2, -0.15) is 0 Å². The maximum absolute atomic E-state index is 12.3. The number of aromatic nitrogens is 1. The second-order valence-electron chi connectivity index (χ2n) is 8.20. The predicted molar refractivity (Wildman–Crippen MR) is 114 cm³/mol. The molecule has 1 aliphatic rings. The molecule has 0 bridgehead atoms. The molecule has 0 atom stereocenters. The molecule has 160 valence electrons. The lowest BCUT2D eigenvalue weighted by atomic mass is 9.86. The number of halogens is 1. The minimum Gasteiger partial charge on any atom is -0.506 e. The Morgan fingerprint density at radius 3 is 2.73 bits per heavy atom. The zero-order valence-corrected chi connectivity index (χ0v) is 17.9. The summed E-state index contributed by atoms with van der Waals surface area (Å²) < 4.78 is 5.36. The summed E-state index contributed by atoms with van der Waals surface area (Å²) in [6, 6.07) is 3.17. The first-order chi connectivity index (χ1) is 14.1. The molecule has 1 fully saturated rings. The first kappa shape index (κ1) is 21.7. The minimum atomic E-state index is -0.370. The number of phenols is 1. The van der Waals surface area contributed by atoms with Crippen molar-refractivity contribution in [2.24, 2.45) is 0 Å². The van der Waals surface area contributed by atoms with Crippen LogP contribution in [0, 0.1) is 0 Å². The second kappa shape index (κ2) is 8.39. The number of amides is 2. The van der Waals surface area contributed by atoms with Crippen LogP contribution in [0.15, 0.2) is 35.5 Å². The Hall–Kier alpha value is -3.00. The van der Waals surface area contributed by atoms with Gasteiger partial charge in [0, 0.05) is 24.2 Å². The van der Waals surface area contributed by atoms with Gasteiger partial charge < -0.3 is 25.1 Å². The van der Waals surface area contributed by atoms with E-state index in [1.165, 1.54) is 18.4 Å². The normalized spacial score (nSPS) is 14.2. The Morgan fingerprint density at radius 2 is 2.10 bits per heavy atom. The van der Waals surface area contributed by atoms with Crippen LogP contribution < -0.4 is 10.6 Å². The van der Waals surface area contributed by atoms with Crippen LogP contribution in [0.25, 0.3) is 0 Å². The largest absolute Gasteiger partial charge is 0.506 e. The number of rotatable bonds is 6. The molecule has 2 amide bonds. The van der Waals surface area contributed by atoms with Crippen LogP contribution in [0.5, 0.6) is 5.75 Å². The third-order valence-electron chi connectivity index (χ3n) is 4.81. The summed E-state index contributed by atoms with van der Waals surface area (Å²) in [6.07, 6.45) is 2.53. The van der Waals surface area contributed by atoms with Gasteiger partial charge in [-0.3, -0.25) is 9.59 Å². The number of hydrogen-bond acceptors (Lipinski definition) is 6. The van der Waals surface area contributed by atoms with Crippen molar-refractivity contribution in [1.29, 1.82) is 0 Å². The van der Waals surface area contributed by atoms with Gasteiger partial charge in [0.25, 0.3) is 5.91 Å². The number of phenolic OH excluding ortho intramolecular Hbond substituents is 1. The topological polar surface area (TPSA) is 108 Å². The van der Waals surface area contributed by atoms with Gasteiger partial charge in [-0.15, -0.1) is 0 Å². The first-order valence-electron chi connectivity index (χ1n) is 9.52. The van der Waals surface area contributed by atoms with Crippen LogP contribution >= 0.6 is 11.6 Å². The molecule has 1 aliphatic heterocycles. The molecule has 3 N–H and O–H groups in total. The zero-order chi connectivity index (χ0) is 22.1. The average Bonchev–Trinajstić information content (AvgIpc) is 3.11. The Balaban J connectivity index is 1.58. The van der Waals surface area contributed by atoms with E-state index in [1.54, 1.807) is 11.0 Å². The Kier molecular flexibility index (Phi) is 6.07. The van der Waals surface area contributed by atoms with Crippen LogP contribution in [0.3, 0.4) is 0 Å². The van der Waals surface area contributed by atoms with Crippen LogP contribution in [-0.4, -0.2) is 45.9 Å². The molecule has 0 unspecified atom stereocenters. The number of carbonyl (C=O) groups is 2. The van der Waals surface area contributed by atoms with E-state index < -0.39 is 0 Å².